The number of nitrogens with one attached hydrogen (secondary N) is 2. The van der Waals surface area contributed by atoms with Gasteiger partial charge in [-0.1, -0.05) is 12.8 Å². The molecule has 1 fully saturated rings. The lowest BCUT2D eigenvalue weighted by Crippen LogP contribution is -2.49. The summed E-state index contributed by atoms with van der Waals surface area (Å²) in [6.07, 6.45) is 7.36. The van der Waals surface area contributed by atoms with E-state index in [0.29, 0.717) is 0 Å². The summed E-state index contributed by atoms with van der Waals surface area (Å²) in [5.41, 5.74) is 0. The summed E-state index contributed by atoms with van der Waals surface area (Å²) in [5.74, 6) is 1.29. The summed E-state index contributed by atoms with van der Waals surface area (Å²) in [7, 11) is 0. The zero-order valence-corrected chi connectivity index (χ0v) is 12.3. The number of rotatable bonds is 6. The maximum Gasteiger partial charge on any atom is 0.315 e. The number of urea groups is 1. The third-order valence-corrected chi connectivity index (χ3v) is 4.24. The second-order valence-corrected chi connectivity index (χ2v) is 6.12. The van der Waals surface area contributed by atoms with Crippen molar-refractivity contribution < 1.29 is 9.90 Å². The van der Waals surface area contributed by atoms with E-state index in [1.54, 1.807) is 11.8 Å². The fraction of sp³-hybridized carbons (Fsp3) is 0.923. The van der Waals surface area contributed by atoms with E-state index in [1.165, 1.54) is 0 Å². The monoisotopic (exact) mass is 274 g/mol. The van der Waals surface area contributed by atoms with Crippen LogP contribution in [0, 0.1) is 5.92 Å². The Morgan fingerprint density at radius 2 is 2.17 bits per heavy atom. The summed E-state index contributed by atoms with van der Waals surface area (Å²) in [4.78, 5) is 11.8. The fourth-order valence-electron chi connectivity index (χ4n) is 2.42. The molecule has 0 aromatic heterocycles. The van der Waals surface area contributed by atoms with E-state index in [2.05, 4.69) is 16.9 Å². The van der Waals surface area contributed by atoms with Crippen LogP contribution in [0.15, 0.2) is 0 Å². The van der Waals surface area contributed by atoms with Gasteiger partial charge in [-0.25, -0.2) is 4.79 Å². The molecule has 0 spiro atoms. The zero-order valence-electron chi connectivity index (χ0n) is 11.4. The van der Waals surface area contributed by atoms with Crippen molar-refractivity contribution in [3.05, 3.63) is 0 Å². The highest BCUT2D eigenvalue weighted by molar-refractivity contribution is 7.98. The molecule has 2 amide bonds. The molecule has 4 nitrogen and oxygen atoms in total. The number of hydrogen-bond acceptors (Lipinski definition) is 3. The number of thioether (sulfide) groups is 1. The largest absolute Gasteiger partial charge is 0.396 e. The van der Waals surface area contributed by atoms with E-state index in [0.717, 1.165) is 37.9 Å². The maximum absolute atomic E-state index is 11.8. The van der Waals surface area contributed by atoms with Crippen LogP contribution in [-0.4, -0.2) is 41.8 Å². The van der Waals surface area contributed by atoms with Crippen LogP contribution < -0.4 is 10.6 Å². The average Bonchev–Trinajstić information content (AvgIpc) is 2.36. The molecule has 0 unspecified atom stereocenters. The Hall–Kier alpha value is -0.420. The smallest absolute Gasteiger partial charge is 0.315 e. The number of carbonyl (C=O) groups is 1. The Bertz CT molecular complexity index is 251. The molecule has 0 heterocycles. The second-order valence-electron chi connectivity index (χ2n) is 5.13. The second kappa shape index (κ2) is 8.64. The molecule has 0 aromatic rings. The number of hydrogen-bond donors (Lipinski definition) is 3. The Morgan fingerprint density at radius 1 is 1.44 bits per heavy atom. The van der Waals surface area contributed by atoms with Gasteiger partial charge in [-0.05, 0) is 38.2 Å². The van der Waals surface area contributed by atoms with Gasteiger partial charge in [0.15, 0.2) is 0 Å². The van der Waals surface area contributed by atoms with Gasteiger partial charge in [0, 0.05) is 24.6 Å². The van der Waals surface area contributed by atoms with Gasteiger partial charge in [-0.15, -0.1) is 0 Å². The fourth-order valence-corrected chi connectivity index (χ4v) is 3.01. The summed E-state index contributed by atoms with van der Waals surface area (Å²) >= 11 is 1.79. The number of aliphatic hydroxyl groups excluding tert-OH is 1. The zero-order chi connectivity index (χ0) is 13.4. The van der Waals surface area contributed by atoms with Crippen LogP contribution in [0.5, 0.6) is 0 Å². The lowest BCUT2D eigenvalue weighted by atomic mass is 9.85. The molecule has 0 saturated heterocycles. The van der Waals surface area contributed by atoms with E-state index in [-0.39, 0.29) is 30.6 Å². The van der Waals surface area contributed by atoms with Crippen molar-refractivity contribution in [1.29, 1.82) is 0 Å². The van der Waals surface area contributed by atoms with Crippen LogP contribution in [0.25, 0.3) is 0 Å². The Balaban J connectivity index is 2.29. The van der Waals surface area contributed by atoms with Crippen LogP contribution in [-0.2, 0) is 0 Å². The molecule has 1 aliphatic carbocycles. The SMILES string of the molecule is CSCC[C@H](C)NC(=O)N[C@@H]1CCCC[C@H]1CO. The third-order valence-electron chi connectivity index (χ3n) is 3.59. The van der Waals surface area contributed by atoms with E-state index >= 15 is 0 Å². The van der Waals surface area contributed by atoms with Crippen LogP contribution in [0.4, 0.5) is 4.79 Å². The predicted molar refractivity (Wildman–Crippen MR) is 77.0 cm³/mol. The molecule has 0 aliphatic heterocycles. The van der Waals surface area contributed by atoms with Gasteiger partial charge >= 0.3 is 6.03 Å². The standard InChI is InChI=1S/C13H26N2O2S/c1-10(7-8-18-2)14-13(17)15-12-6-4-3-5-11(12)9-16/h10-12,16H,3-9H2,1-2H3,(H2,14,15,17)/t10-,11-,12+/m0/s1. The Kier molecular flexibility index (Phi) is 7.51. The predicted octanol–water partition coefficient (Wildman–Crippen LogP) is 1.98. The van der Waals surface area contributed by atoms with Gasteiger partial charge < -0.3 is 15.7 Å². The molecule has 5 heteroatoms. The van der Waals surface area contributed by atoms with Gasteiger partial charge in [-0.3, -0.25) is 0 Å². The van der Waals surface area contributed by atoms with Crippen molar-refractivity contribution >= 4 is 17.8 Å². The van der Waals surface area contributed by atoms with Gasteiger partial charge in [0.25, 0.3) is 0 Å². The molecule has 18 heavy (non-hydrogen) atoms. The van der Waals surface area contributed by atoms with Crippen molar-refractivity contribution in [3.63, 3.8) is 0 Å². The van der Waals surface area contributed by atoms with Gasteiger partial charge in [-0.2, -0.15) is 11.8 Å². The number of amides is 2. The lowest BCUT2D eigenvalue weighted by Gasteiger charge is -2.31. The molecule has 3 atom stereocenters. The molecule has 3 N–H and O–H groups in total. The first-order valence-electron chi connectivity index (χ1n) is 6.84. The molecule has 1 saturated carbocycles. The van der Waals surface area contributed by atoms with Crippen molar-refractivity contribution in [3.8, 4) is 0 Å². The van der Waals surface area contributed by atoms with Gasteiger partial charge in [0.05, 0.1) is 0 Å². The molecule has 0 bridgehead atoms. The van der Waals surface area contributed by atoms with Crippen molar-refractivity contribution in [1.82, 2.24) is 10.6 Å². The van der Waals surface area contributed by atoms with Crippen LogP contribution >= 0.6 is 11.8 Å². The molecule has 0 radical (unpaired) electrons. The van der Waals surface area contributed by atoms with Crippen molar-refractivity contribution in [2.24, 2.45) is 5.92 Å². The Labute approximate surface area is 114 Å². The van der Waals surface area contributed by atoms with Crippen molar-refractivity contribution in [2.45, 2.75) is 51.1 Å². The number of carbonyl (C=O) groups excluding carboxylic acids is 1. The third kappa shape index (κ3) is 5.48. The van der Waals surface area contributed by atoms with E-state index in [9.17, 15) is 9.90 Å². The molecule has 1 rings (SSSR count). The first-order chi connectivity index (χ1) is 8.67. The van der Waals surface area contributed by atoms with Crippen LogP contribution in [0.2, 0.25) is 0 Å². The summed E-state index contributed by atoms with van der Waals surface area (Å²) in [6, 6.07) is 0.249. The minimum Gasteiger partial charge on any atom is -0.396 e. The first-order valence-corrected chi connectivity index (χ1v) is 8.23. The summed E-state index contributed by atoms with van der Waals surface area (Å²) in [5, 5.41) is 15.3. The topological polar surface area (TPSA) is 61.4 Å². The molecule has 0 aromatic carbocycles. The van der Waals surface area contributed by atoms with E-state index in [1.807, 2.05) is 6.92 Å². The van der Waals surface area contributed by atoms with Gasteiger partial charge in [0.2, 0.25) is 0 Å². The minimum atomic E-state index is -0.0889. The summed E-state index contributed by atoms with van der Waals surface area (Å²) < 4.78 is 0. The molecule has 106 valence electrons. The normalized spacial score (nSPS) is 25.5. The van der Waals surface area contributed by atoms with Gasteiger partial charge in [0.1, 0.15) is 0 Å². The summed E-state index contributed by atoms with van der Waals surface area (Å²) in [6.45, 7) is 2.20. The molecular formula is C13H26N2O2S. The minimum absolute atomic E-state index is 0.0889. The lowest BCUT2D eigenvalue weighted by molar-refractivity contribution is 0.153. The van der Waals surface area contributed by atoms with Crippen molar-refractivity contribution in [2.75, 3.05) is 18.6 Å². The van der Waals surface area contributed by atoms with Crippen LogP contribution in [0.1, 0.15) is 39.0 Å². The van der Waals surface area contributed by atoms with Crippen LogP contribution in [0.3, 0.4) is 0 Å². The molecular weight excluding hydrogens is 248 g/mol. The average molecular weight is 274 g/mol. The highest BCUT2D eigenvalue weighted by atomic mass is 32.2. The maximum atomic E-state index is 11.8. The molecule has 1 aliphatic rings. The quantitative estimate of drug-likeness (QED) is 0.694. The highest BCUT2D eigenvalue weighted by Gasteiger charge is 2.25. The first kappa shape index (κ1) is 15.6. The highest BCUT2D eigenvalue weighted by Crippen LogP contribution is 2.23. The number of aliphatic hydroxyl groups is 1. The van der Waals surface area contributed by atoms with E-state index < -0.39 is 0 Å². The Morgan fingerprint density at radius 3 is 2.83 bits per heavy atom. The van der Waals surface area contributed by atoms with E-state index in [4.69, 9.17) is 0 Å².